The largest absolute Gasteiger partial charge is 0.455 e. The molecule has 0 aromatic heterocycles. The third kappa shape index (κ3) is 8.63. The van der Waals surface area contributed by atoms with Crippen molar-refractivity contribution >= 4 is 16.0 Å². The quantitative estimate of drug-likeness (QED) is 0.179. The van der Waals surface area contributed by atoms with Crippen LogP contribution in [0.15, 0.2) is 77.7 Å². The average molecular weight is 636 g/mol. The van der Waals surface area contributed by atoms with Crippen molar-refractivity contribution in [2.45, 2.75) is 117 Å². The molecule has 0 aliphatic heterocycles. The molecule has 0 heterocycles. The highest BCUT2D eigenvalue weighted by Crippen LogP contribution is 2.39. The predicted octanol–water partition coefficient (Wildman–Crippen LogP) is 8.57. The van der Waals surface area contributed by atoms with Crippen molar-refractivity contribution in [2.75, 3.05) is 0 Å². The van der Waals surface area contributed by atoms with Gasteiger partial charge >= 0.3 is 5.97 Å². The SMILES string of the molecule is CC(C)c1cc(C(C)C)c(S(=O)(=O)N(Cc2ccccc2)[C@@H](C)[C@H](OC(=O)[C@H](C)[C@@H](O)C(C)C)c2ccccc2)c(C(C)C)c1. The van der Waals surface area contributed by atoms with E-state index in [-0.39, 0.29) is 30.2 Å². The van der Waals surface area contributed by atoms with E-state index in [9.17, 15) is 9.90 Å². The summed E-state index contributed by atoms with van der Waals surface area (Å²) in [5, 5.41) is 10.7. The van der Waals surface area contributed by atoms with Crippen LogP contribution >= 0.6 is 0 Å². The molecule has 4 atom stereocenters. The Hall–Kier alpha value is -3.00. The van der Waals surface area contributed by atoms with Gasteiger partial charge in [-0.3, -0.25) is 4.79 Å². The number of aliphatic hydroxyl groups is 1. The summed E-state index contributed by atoms with van der Waals surface area (Å²) >= 11 is 0. The second kappa shape index (κ2) is 15.5. The van der Waals surface area contributed by atoms with E-state index in [1.165, 1.54) is 4.31 Å². The third-order valence-corrected chi connectivity index (χ3v) is 10.7. The van der Waals surface area contributed by atoms with Crippen LogP contribution in [0, 0.1) is 11.8 Å². The summed E-state index contributed by atoms with van der Waals surface area (Å²) in [5.74, 6) is -1.34. The highest BCUT2D eigenvalue weighted by Gasteiger charge is 2.40. The first kappa shape index (κ1) is 36.5. The number of rotatable bonds is 14. The van der Waals surface area contributed by atoms with E-state index < -0.39 is 40.2 Å². The molecule has 0 saturated carbocycles. The standard InChI is InChI=1S/C38H53NO5S/c1-24(2)32-21-33(25(3)4)37(34(22-32)26(5)6)45(42,43)39(23-30-17-13-11-14-18-30)29(10)36(31-19-15-12-16-20-31)44-38(41)28(9)35(40)27(7)8/h11-22,24-29,35-36,40H,23H2,1-10H3/t28-,29+,35+,36+/m1/s1. The van der Waals surface area contributed by atoms with Crippen LogP contribution in [0.3, 0.4) is 0 Å². The van der Waals surface area contributed by atoms with Gasteiger partial charge in [-0.05, 0) is 65.3 Å². The number of carbonyl (C=O) groups excluding carboxylic acids is 1. The Labute approximate surface area is 271 Å². The molecule has 0 fully saturated rings. The molecule has 0 spiro atoms. The number of hydrogen-bond acceptors (Lipinski definition) is 5. The number of nitrogens with zero attached hydrogens (tertiary/aromatic N) is 1. The van der Waals surface area contributed by atoms with Gasteiger partial charge in [-0.25, -0.2) is 8.42 Å². The van der Waals surface area contributed by atoms with Crippen molar-refractivity contribution in [3.8, 4) is 0 Å². The highest BCUT2D eigenvalue weighted by atomic mass is 32.2. The van der Waals surface area contributed by atoms with E-state index in [0.29, 0.717) is 10.5 Å². The highest BCUT2D eigenvalue weighted by molar-refractivity contribution is 7.89. The molecule has 3 aromatic carbocycles. The normalized spacial score (nSPS) is 15.1. The Bertz CT molecular complexity index is 1470. The zero-order valence-corrected chi connectivity index (χ0v) is 29.5. The summed E-state index contributed by atoms with van der Waals surface area (Å²) in [6, 6.07) is 22.1. The first-order valence-electron chi connectivity index (χ1n) is 16.2. The molecular formula is C38H53NO5S. The maximum Gasteiger partial charge on any atom is 0.311 e. The van der Waals surface area contributed by atoms with Crippen LogP contribution in [0.1, 0.15) is 121 Å². The summed E-state index contributed by atoms with van der Waals surface area (Å²) in [7, 11) is -4.14. The molecule has 246 valence electrons. The summed E-state index contributed by atoms with van der Waals surface area (Å²) < 4.78 is 38.1. The second-order valence-corrected chi connectivity index (χ2v) is 15.4. The molecule has 3 aromatic rings. The van der Waals surface area contributed by atoms with Gasteiger partial charge in [0, 0.05) is 6.54 Å². The minimum atomic E-state index is -4.14. The fourth-order valence-electron chi connectivity index (χ4n) is 5.70. The Morgan fingerprint density at radius 3 is 1.67 bits per heavy atom. The topological polar surface area (TPSA) is 83.9 Å². The lowest BCUT2D eigenvalue weighted by molar-refractivity contribution is -0.161. The molecule has 6 nitrogen and oxygen atoms in total. The van der Waals surface area contributed by atoms with E-state index in [1.807, 2.05) is 121 Å². The summed E-state index contributed by atoms with van der Waals surface area (Å²) in [6.07, 6.45) is -1.81. The van der Waals surface area contributed by atoms with Gasteiger partial charge < -0.3 is 9.84 Å². The van der Waals surface area contributed by atoms with Gasteiger partial charge in [0.05, 0.1) is 23.0 Å². The number of ether oxygens (including phenoxy) is 1. The van der Waals surface area contributed by atoms with Gasteiger partial charge in [0.2, 0.25) is 10.0 Å². The van der Waals surface area contributed by atoms with Crippen LogP contribution in [0.5, 0.6) is 0 Å². The van der Waals surface area contributed by atoms with Crippen molar-refractivity contribution in [3.05, 3.63) is 101 Å². The maximum absolute atomic E-state index is 15.2. The minimum absolute atomic E-state index is 0.0408. The van der Waals surface area contributed by atoms with Crippen LogP contribution in [0.25, 0.3) is 0 Å². The fourth-order valence-corrected chi connectivity index (χ4v) is 7.99. The zero-order valence-electron chi connectivity index (χ0n) is 28.7. The molecule has 0 saturated heterocycles. The first-order chi connectivity index (χ1) is 21.1. The zero-order chi connectivity index (χ0) is 33.6. The minimum Gasteiger partial charge on any atom is -0.455 e. The van der Waals surface area contributed by atoms with Crippen molar-refractivity contribution in [1.29, 1.82) is 0 Å². The molecule has 3 rings (SSSR count). The van der Waals surface area contributed by atoms with E-state index in [0.717, 1.165) is 22.3 Å². The average Bonchev–Trinajstić information content (AvgIpc) is 3.01. The van der Waals surface area contributed by atoms with Gasteiger partial charge in [-0.15, -0.1) is 0 Å². The maximum atomic E-state index is 15.2. The van der Waals surface area contributed by atoms with Crippen molar-refractivity contribution in [2.24, 2.45) is 11.8 Å². The number of sulfonamides is 1. The Balaban J connectivity index is 2.27. The van der Waals surface area contributed by atoms with Crippen LogP contribution in [-0.2, 0) is 26.1 Å². The van der Waals surface area contributed by atoms with Gasteiger partial charge in [-0.1, -0.05) is 128 Å². The van der Waals surface area contributed by atoms with Crippen molar-refractivity contribution in [3.63, 3.8) is 0 Å². The molecule has 7 heteroatoms. The van der Waals surface area contributed by atoms with Gasteiger partial charge in [0.1, 0.15) is 6.10 Å². The molecule has 0 aliphatic carbocycles. The number of benzene rings is 3. The first-order valence-corrected chi connectivity index (χ1v) is 17.7. The number of esters is 1. The van der Waals surface area contributed by atoms with Crippen LogP contribution in [0.4, 0.5) is 0 Å². The summed E-state index contributed by atoms with van der Waals surface area (Å²) in [4.78, 5) is 13.9. The van der Waals surface area contributed by atoms with Crippen molar-refractivity contribution < 1.29 is 23.1 Å². The van der Waals surface area contributed by atoms with Gasteiger partial charge in [0.25, 0.3) is 0 Å². The lowest BCUT2D eigenvalue weighted by atomic mass is 9.89. The van der Waals surface area contributed by atoms with Crippen LogP contribution < -0.4 is 0 Å². The molecule has 45 heavy (non-hydrogen) atoms. The molecule has 1 N–H and O–H groups in total. The van der Waals surface area contributed by atoms with E-state index in [4.69, 9.17) is 4.74 Å². The van der Waals surface area contributed by atoms with Gasteiger partial charge in [-0.2, -0.15) is 4.31 Å². The third-order valence-electron chi connectivity index (χ3n) is 8.66. The number of hydrogen-bond donors (Lipinski definition) is 1. The molecular weight excluding hydrogens is 582 g/mol. The molecule has 0 amide bonds. The van der Waals surface area contributed by atoms with E-state index in [2.05, 4.69) is 13.8 Å². The summed E-state index contributed by atoms with van der Waals surface area (Å²) in [6.45, 7) is 19.6. The second-order valence-electron chi connectivity index (χ2n) is 13.6. The van der Waals surface area contributed by atoms with Gasteiger partial charge in [0.15, 0.2) is 0 Å². The van der Waals surface area contributed by atoms with E-state index in [1.54, 1.807) is 6.92 Å². The number of aliphatic hydroxyl groups excluding tert-OH is 1. The van der Waals surface area contributed by atoms with E-state index >= 15 is 8.42 Å². The monoisotopic (exact) mass is 635 g/mol. The Morgan fingerprint density at radius 1 is 0.733 bits per heavy atom. The Morgan fingerprint density at radius 2 is 1.22 bits per heavy atom. The van der Waals surface area contributed by atoms with Crippen LogP contribution in [0.2, 0.25) is 0 Å². The fraction of sp³-hybridized carbons (Fsp3) is 0.500. The molecule has 0 bridgehead atoms. The van der Waals surface area contributed by atoms with Crippen LogP contribution in [-0.4, -0.2) is 35.9 Å². The lowest BCUT2D eigenvalue weighted by Crippen LogP contribution is -2.44. The smallest absolute Gasteiger partial charge is 0.311 e. The summed E-state index contributed by atoms with van der Waals surface area (Å²) in [5.41, 5.74) is 4.19. The van der Waals surface area contributed by atoms with Crippen molar-refractivity contribution in [1.82, 2.24) is 4.31 Å². The molecule has 0 unspecified atom stereocenters. The Kier molecular flexibility index (Phi) is 12.6. The lowest BCUT2D eigenvalue weighted by Gasteiger charge is -2.36. The molecule has 0 radical (unpaired) electrons. The number of carbonyl (C=O) groups is 1. The molecule has 0 aliphatic rings. The predicted molar refractivity (Wildman–Crippen MR) is 183 cm³/mol.